The molecule has 2 N–H and O–H groups in total. The van der Waals surface area contributed by atoms with Crippen molar-refractivity contribution >= 4 is 17.5 Å². The molecule has 0 spiro atoms. The van der Waals surface area contributed by atoms with Crippen molar-refractivity contribution in [1.82, 2.24) is 15.3 Å². The molecular formula is C19H27N5O4. The number of benzene rings is 1. The second-order valence-corrected chi connectivity index (χ2v) is 6.15. The standard InChI is InChI=1S/C19H27N5O4/c1-12-22-16(11-17(23-12)24(2)3)20-7-8-21-19(25)13-9-14(26-4)18(28-6)15(10-13)27-5/h9-11H,7-8H2,1-6H3,(H,21,25)(H,20,22,23). The number of aryl methyl sites for hydroxylation is 1. The Balaban J connectivity index is 1.98. The zero-order valence-electron chi connectivity index (χ0n) is 17.1. The van der Waals surface area contributed by atoms with Crippen LogP contribution in [0.3, 0.4) is 0 Å². The number of nitrogens with zero attached hydrogens (tertiary/aromatic N) is 3. The molecule has 9 nitrogen and oxygen atoms in total. The molecule has 2 aromatic rings. The molecule has 152 valence electrons. The van der Waals surface area contributed by atoms with Crippen LogP contribution in [0.1, 0.15) is 16.2 Å². The number of hydrogen-bond donors (Lipinski definition) is 2. The normalized spacial score (nSPS) is 10.2. The molecule has 1 aromatic carbocycles. The van der Waals surface area contributed by atoms with Crippen LogP contribution in [0.2, 0.25) is 0 Å². The van der Waals surface area contributed by atoms with E-state index in [2.05, 4.69) is 20.6 Å². The summed E-state index contributed by atoms with van der Waals surface area (Å²) in [6.07, 6.45) is 0. The summed E-state index contributed by atoms with van der Waals surface area (Å²) in [7, 11) is 8.37. The third-order valence-corrected chi connectivity index (χ3v) is 3.93. The Morgan fingerprint density at radius 2 is 1.64 bits per heavy atom. The molecule has 0 saturated heterocycles. The number of anilines is 2. The molecule has 0 saturated carbocycles. The lowest BCUT2D eigenvalue weighted by molar-refractivity contribution is 0.0954. The highest BCUT2D eigenvalue weighted by atomic mass is 16.5. The lowest BCUT2D eigenvalue weighted by Gasteiger charge is -2.15. The Labute approximate surface area is 165 Å². The first kappa shape index (κ1) is 21.1. The van der Waals surface area contributed by atoms with Gasteiger partial charge in [-0.3, -0.25) is 4.79 Å². The minimum absolute atomic E-state index is 0.242. The van der Waals surface area contributed by atoms with Crippen LogP contribution in [0.25, 0.3) is 0 Å². The molecule has 0 unspecified atom stereocenters. The molecular weight excluding hydrogens is 362 g/mol. The summed E-state index contributed by atoms with van der Waals surface area (Å²) < 4.78 is 15.8. The number of aromatic nitrogens is 2. The fourth-order valence-electron chi connectivity index (χ4n) is 2.55. The Morgan fingerprint density at radius 3 is 2.18 bits per heavy atom. The first-order valence-corrected chi connectivity index (χ1v) is 8.74. The highest BCUT2D eigenvalue weighted by Gasteiger charge is 2.16. The third kappa shape index (κ3) is 5.15. The van der Waals surface area contributed by atoms with E-state index in [0.29, 0.717) is 47.5 Å². The summed E-state index contributed by atoms with van der Waals surface area (Å²) in [5.41, 5.74) is 0.419. The van der Waals surface area contributed by atoms with Crippen LogP contribution in [0.4, 0.5) is 11.6 Å². The fraction of sp³-hybridized carbons (Fsp3) is 0.421. The zero-order chi connectivity index (χ0) is 20.7. The monoisotopic (exact) mass is 389 g/mol. The molecule has 0 radical (unpaired) electrons. The van der Waals surface area contributed by atoms with E-state index in [9.17, 15) is 4.79 Å². The summed E-state index contributed by atoms with van der Waals surface area (Å²) in [6, 6.07) is 5.08. The van der Waals surface area contributed by atoms with E-state index in [0.717, 1.165) is 5.82 Å². The van der Waals surface area contributed by atoms with E-state index in [1.807, 2.05) is 32.0 Å². The lowest BCUT2D eigenvalue weighted by Crippen LogP contribution is -2.29. The van der Waals surface area contributed by atoms with Gasteiger partial charge in [-0.2, -0.15) is 0 Å². The quantitative estimate of drug-likeness (QED) is 0.626. The number of amides is 1. The smallest absolute Gasteiger partial charge is 0.251 e. The summed E-state index contributed by atoms with van der Waals surface area (Å²) in [4.78, 5) is 23.1. The maximum absolute atomic E-state index is 12.5. The number of hydrogen-bond acceptors (Lipinski definition) is 8. The minimum Gasteiger partial charge on any atom is -0.493 e. The second kappa shape index (κ2) is 9.63. The van der Waals surface area contributed by atoms with E-state index >= 15 is 0 Å². The molecule has 0 fully saturated rings. The van der Waals surface area contributed by atoms with E-state index < -0.39 is 0 Å². The van der Waals surface area contributed by atoms with Crippen LogP contribution < -0.4 is 29.7 Å². The van der Waals surface area contributed by atoms with Gasteiger partial charge in [0.25, 0.3) is 5.91 Å². The summed E-state index contributed by atoms with van der Waals surface area (Å²) >= 11 is 0. The van der Waals surface area contributed by atoms with E-state index in [1.54, 1.807) is 12.1 Å². The Hall–Kier alpha value is -3.23. The predicted molar refractivity (Wildman–Crippen MR) is 108 cm³/mol. The number of methoxy groups -OCH3 is 3. The van der Waals surface area contributed by atoms with Gasteiger partial charge in [0.15, 0.2) is 11.5 Å². The van der Waals surface area contributed by atoms with Gasteiger partial charge in [-0.15, -0.1) is 0 Å². The molecule has 0 atom stereocenters. The molecule has 9 heteroatoms. The molecule has 0 bridgehead atoms. The van der Waals surface area contributed by atoms with Crippen molar-refractivity contribution in [2.75, 3.05) is 58.7 Å². The van der Waals surface area contributed by atoms with E-state index in [-0.39, 0.29) is 5.91 Å². The van der Waals surface area contributed by atoms with Gasteiger partial charge in [0.05, 0.1) is 21.3 Å². The summed E-state index contributed by atoms with van der Waals surface area (Å²) in [5, 5.41) is 6.04. The van der Waals surface area contributed by atoms with E-state index in [4.69, 9.17) is 14.2 Å². The predicted octanol–water partition coefficient (Wildman–Crippen LogP) is 1.72. The molecule has 0 aliphatic carbocycles. The molecule has 0 aliphatic rings. The maximum atomic E-state index is 12.5. The van der Waals surface area contributed by atoms with Crippen molar-refractivity contribution in [3.8, 4) is 17.2 Å². The lowest BCUT2D eigenvalue weighted by atomic mass is 10.1. The Bertz CT molecular complexity index is 801. The Kier molecular flexibility index (Phi) is 7.25. The molecule has 2 rings (SSSR count). The van der Waals surface area contributed by atoms with Gasteiger partial charge in [0.1, 0.15) is 17.5 Å². The highest BCUT2D eigenvalue weighted by Crippen LogP contribution is 2.38. The number of carbonyl (C=O) groups is 1. The van der Waals surface area contributed by atoms with Crippen molar-refractivity contribution in [2.24, 2.45) is 0 Å². The highest BCUT2D eigenvalue weighted by molar-refractivity contribution is 5.95. The minimum atomic E-state index is -0.242. The van der Waals surface area contributed by atoms with Gasteiger partial charge in [0.2, 0.25) is 5.75 Å². The van der Waals surface area contributed by atoms with Crippen LogP contribution >= 0.6 is 0 Å². The van der Waals surface area contributed by atoms with Gasteiger partial charge >= 0.3 is 0 Å². The van der Waals surface area contributed by atoms with Crippen molar-refractivity contribution in [1.29, 1.82) is 0 Å². The molecule has 1 aromatic heterocycles. The van der Waals surface area contributed by atoms with Gasteiger partial charge in [-0.25, -0.2) is 9.97 Å². The van der Waals surface area contributed by atoms with Gasteiger partial charge < -0.3 is 29.7 Å². The topological polar surface area (TPSA) is 97.8 Å². The van der Waals surface area contributed by atoms with E-state index in [1.165, 1.54) is 21.3 Å². The van der Waals surface area contributed by atoms with Crippen molar-refractivity contribution < 1.29 is 19.0 Å². The van der Waals surface area contributed by atoms with Crippen LogP contribution in [-0.4, -0.2) is 64.4 Å². The zero-order valence-corrected chi connectivity index (χ0v) is 17.1. The van der Waals surface area contributed by atoms with Crippen LogP contribution in [0, 0.1) is 6.92 Å². The number of ether oxygens (including phenoxy) is 3. The van der Waals surface area contributed by atoms with Crippen molar-refractivity contribution in [2.45, 2.75) is 6.92 Å². The molecule has 0 aliphatic heterocycles. The first-order valence-electron chi connectivity index (χ1n) is 8.74. The average Bonchev–Trinajstić information content (AvgIpc) is 2.69. The SMILES string of the molecule is COc1cc(C(=O)NCCNc2cc(N(C)C)nc(C)n2)cc(OC)c1OC. The van der Waals surface area contributed by atoms with Crippen LogP contribution in [0.15, 0.2) is 18.2 Å². The Morgan fingerprint density at radius 1 is 1.00 bits per heavy atom. The van der Waals surface area contributed by atoms with Crippen molar-refractivity contribution in [3.63, 3.8) is 0 Å². The second-order valence-electron chi connectivity index (χ2n) is 6.15. The first-order chi connectivity index (χ1) is 13.4. The largest absolute Gasteiger partial charge is 0.493 e. The maximum Gasteiger partial charge on any atom is 0.251 e. The third-order valence-electron chi connectivity index (χ3n) is 3.93. The number of nitrogens with one attached hydrogen (secondary N) is 2. The van der Waals surface area contributed by atoms with Gasteiger partial charge in [-0.05, 0) is 19.1 Å². The van der Waals surface area contributed by atoms with Gasteiger partial charge in [-0.1, -0.05) is 0 Å². The number of carbonyl (C=O) groups excluding carboxylic acids is 1. The van der Waals surface area contributed by atoms with Crippen molar-refractivity contribution in [3.05, 3.63) is 29.6 Å². The summed E-state index contributed by atoms with van der Waals surface area (Å²) in [5.74, 6) is 3.26. The van der Waals surface area contributed by atoms with Gasteiger partial charge in [0, 0.05) is 38.8 Å². The van der Waals surface area contributed by atoms with Crippen LogP contribution in [-0.2, 0) is 0 Å². The average molecular weight is 389 g/mol. The molecule has 1 amide bonds. The fourth-order valence-corrected chi connectivity index (χ4v) is 2.55. The van der Waals surface area contributed by atoms with Crippen LogP contribution in [0.5, 0.6) is 17.2 Å². The summed E-state index contributed by atoms with van der Waals surface area (Å²) in [6.45, 7) is 2.76. The molecule has 1 heterocycles. The number of rotatable bonds is 9. The molecule has 28 heavy (non-hydrogen) atoms.